The summed E-state index contributed by atoms with van der Waals surface area (Å²) >= 11 is 0. The zero-order valence-corrected chi connectivity index (χ0v) is 16.4. The van der Waals surface area contributed by atoms with Crippen molar-refractivity contribution < 1.29 is 24.5 Å². The van der Waals surface area contributed by atoms with E-state index in [2.05, 4.69) is 12.7 Å². The summed E-state index contributed by atoms with van der Waals surface area (Å²) in [5.74, 6) is 0.854. The van der Waals surface area contributed by atoms with E-state index in [9.17, 15) is 10.2 Å². The highest BCUT2D eigenvalue weighted by Gasteiger charge is 2.11. The second kappa shape index (κ2) is 12.3. The number of benzene rings is 1. The lowest BCUT2D eigenvalue weighted by atomic mass is 10.0. The summed E-state index contributed by atoms with van der Waals surface area (Å²) in [4.78, 5) is 0. The van der Waals surface area contributed by atoms with Crippen molar-refractivity contribution in [2.45, 2.75) is 58.0 Å². The smallest absolute Gasteiger partial charge is 0.133 e. The van der Waals surface area contributed by atoms with E-state index in [1.807, 2.05) is 30.3 Å². The van der Waals surface area contributed by atoms with E-state index < -0.39 is 12.2 Å². The first-order valence-corrected chi connectivity index (χ1v) is 9.72. The molecule has 0 aliphatic heterocycles. The number of hydrogen-bond donors (Lipinski definition) is 3. The normalized spacial score (nSPS) is 13.0. The molecule has 5 nitrogen and oxygen atoms in total. The molecule has 3 N–H and O–H groups in total. The largest absolute Gasteiger partial charge is 0.461 e. The van der Waals surface area contributed by atoms with Crippen molar-refractivity contribution in [2.75, 3.05) is 6.61 Å². The molecule has 0 bridgehead atoms. The second-order valence-corrected chi connectivity index (χ2v) is 6.77. The maximum absolute atomic E-state index is 10.3. The molecule has 1 heterocycles. The standard InChI is InChI=1S/C23H30O5/c1-2-7-18(10-6-11-22(26)23-13-12-21(15-24)28-23)14-20(25)17-27-16-19-8-4-3-5-9-19/h3-6,8-9,12-13,20,22,24-26H,2,7,11,14-17H2,1H3/t10?,20-,22-/m1/s1. The fourth-order valence-corrected chi connectivity index (χ4v) is 2.85. The molecule has 28 heavy (non-hydrogen) atoms. The van der Waals surface area contributed by atoms with Crippen LogP contribution < -0.4 is 0 Å². The number of hydrogen-bond acceptors (Lipinski definition) is 5. The summed E-state index contributed by atoms with van der Waals surface area (Å²) in [7, 11) is 0. The van der Waals surface area contributed by atoms with Crippen LogP contribution in [0.2, 0.25) is 0 Å². The molecule has 0 amide bonds. The minimum absolute atomic E-state index is 0.187. The lowest BCUT2D eigenvalue weighted by Crippen LogP contribution is -2.16. The van der Waals surface area contributed by atoms with Crippen LogP contribution in [-0.4, -0.2) is 28.0 Å². The fourth-order valence-electron chi connectivity index (χ4n) is 2.85. The molecular weight excluding hydrogens is 356 g/mol. The Hall–Kier alpha value is -2.14. The van der Waals surface area contributed by atoms with Crippen molar-refractivity contribution in [1.82, 2.24) is 0 Å². The van der Waals surface area contributed by atoms with Crippen LogP contribution in [0.15, 0.2) is 64.3 Å². The van der Waals surface area contributed by atoms with Crippen LogP contribution in [0.3, 0.4) is 0 Å². The summed E-state index contributed by atoms with van der Waals surface area (Å²) in [6.07, 6.45) is 3.03. The van der Waals surface area contributed by atoms with Gasteiger partial charge in [-0.2, -0.15) is 0 Å². The minimum Gasteiger partial charge on any atom is -0.461 e. The van der Waals surface area contributed by atoms with Crippen LogP contribution in [0.1, 0.15) is 55.8 Å². The van der Waals surface area contributed by atoms with Gasteiger partial charge in [0.25, 0.3) is 0 Å². The van der Waals surface area contributed by atoms with Crippen LogP contribution >= 0.6 is 0 Å². The molecule has 0 aliphatic carbocycles. The number of furan rings is 1. The Kier molecular flexibility index (Phi) is 9.77. The van der Waals surface area contributed by atoms with Crippen molar-refractivity contribution >= 4 is 0 Å². The molecule has 1 aromatic carbocycles. The van der Waals surface area contributed by atoms with Crippen molar-refractivity contribution in [3.63, 3.8) is 0 Å². The Morgan fingerprint density at radius 3 is 2.64 bits per heavy atom. The van der Waals surface area contributed by atoms with Crippen LogP contribution in [0.4, 0.5) is 0 Å². The van der Waals surface area contributed by atoms with E-state index in [-0.39, 0.29) is 13.2 Å². The van der Waals surface area contributed by atoms with Gasteiger partial charge in [-0.05, 0) is 35.8 Å². The summed E-state index contributed by atoms with van der Waals surface area (Å²) in [5, 5.41) is 29.4. The summed E-state index contributed by atoms with van der Waals surface area (Å²) in [6, 6.07) is 13.2. The highest BCUT2D eigenvalue weighted by Crippen LogP contribution is 2.20. The lowest BCUT2D eigenvalue weighted by molar-refractivity contribution is 0.0285. The highest BCUT2D eigenvalue weighted by molar-refractivity contribution is 5.13. The van der Waals surface area contributed by atoms with Gasteiger partial charge in [0.05, 0.1) is 19.3 Å². The van der Waals surface area contributed by atoms with E-state index in [4.69, 9.17) is 14.3 Å². The molecule has 2 aromatic rings. The van der Waals surface area contributed by atoms with Gasteiger partial charge in [0.15, 0.2) is 0 Å². The van der Waals surface area contributed by atoms with E-state index >= 15 is 0 Å². The minimum atomic E-state index is -0.783. The van der Waals surface area contributed by atoms with Gasteiger partial charge in [-0.15, -0.1) is 5.73 Å². The summed E-state index contributed by atoms with van der Waals surface area (Å²) < 4.78 is 10.9. The Morgan fingerprint density at radius 2 is 1.96 bits per heavy atom. The monoisotopic (exact) mass is 386 g/mol. The zero-order chi connectivity index (χ0) is 20.2. The summed E-state index contributed by atoms with van der Waals surface area (Å²) in [6.45, 7) is 2.63. The van der Waals surface area contributed by atoms with Gasteiger partial charge in [0.2, 0.25) is 0 Å². The van der Waals surface area contributed by atoms with E-state index in [0.29, 0.717) is 31.0 Å². The molecular formula is C23H30O5. The third-order valence-corrected chi connectivity index (χ3v) is 4.27. The van der Waals surface area contributed by atoms with Crippen molar-refractivity contribution in [1.29, 1.82) is 0 Å². The van der Waals surface area contributed by atoms with Gasteiger partial charge in [0, 0.05) is 12.8 Å². The first-order valence-electron chi connectivity index (χ1n) is 9.72. The molecule has 0 fully saturated rings. The molecule has 5 heteroatoms. The Bertz CT molecular complexity index is 743. The predicted molar refractivity (Wildman–Crippen MR) is 107 cm³/mol. The van der Waals surface area contributed by atoms with Crippen molar-refractivity contribution in [2.24, 2.45) is 0 Å². The first-order chi connectivity index (χ1) is 13.6. The number of aliphatic hydroxyl groups is 3. The van der Waals surface area contributed by atoms with E-state index in [0.717, 1.165) is 24.0 Å². The number of aliphatic hydroxyl groups excluding tert-OH is 3. The topological polar surface area (TPSA) is 83.1 Å². The third kappa shape index (κ3) is 7.85. The molecule has 0 spiro atoms. The highest BCUT2D eigenvalue weighted by atomic mass is 16.5. The first kappa shape index (κ1) is 22.2. The van der Waals surface area contributed by atoms with Crippen molar-refractivity contribution in [3.8, 4) is 0 Å². The zero-order valence-electron chi connectivity index (χ0n) is 16.4. The molecule has 0 unspecified atom stereocenters. The Morgan fingerprint density at radius 1 is 1.18 bits per heavy atom. The van der Waals surface area contributed by atoms with Gasteiger partial charge in [-0.3, -0.25) is 0 Å². The maximum atomic E-state index is 10.3. The Balaban J connectivity index is 1.83. The molecule has 1 aromatic heterocycles. The molecule has 0 aliphatic rings. The average Bonchev–Trinajstić information content (AvgIpc) is 3.18. The predicted octanol–water partition coefficient (Wildman–Crippen LogP) is 4.04. The fraction of sp³-hybridized carbons (Fsp3) is 0.435. The SMILES string of the molecule is CCCC(=C=CC[C@@H](O)c1ccc(CO)o1)C[C@@H](O)COCc1ccccc1. The maximum Gasteiger partial charge on any atom is 0.133 e. The van der Waals surface area contributed by atoms with Gasteiger partial charge in [0.1, 0.15) is 24.2 Å². The van der Waals surface area contributed by atoms with E-state index in [1.165, 1.54) is 0 Å². The number of rotatable bonds is 12. The molecule has 0 saturated carbocycles. The van der Waals surface area contributed by atoms with Gasteiger partial charge < -0.3 is 24.5 Å². The van der Waals surface area contributed by atoms with Gasteiger partial charge in [-0.1, -0.05) is 43.7 Å². The quantitative estimate of drug-likeness (QED) is 0.480. The summed E-state index contributed by atoms with van der Waals surface area (Å²) in [5.41, 5.74) is 5.29. The second-order valence-electron chi connectivity index (χ2n) is 6.77. The van der Waals surface area contributed by atoms with Crippen LogP contribution in [0, 0.1) is 0 Å². The third-order valence-electron chi connectivity index (χ3n) is 4.27. The number of ether oxygens (including phenoxy) is 1. The lowest BCUT2D eigenvalue weighted by Gasteiger charge is -2.12. The van der Waals surface area contributed by atoms with Gasteiger partial charge >= 0.3 is 0 Å². The molecule has 0 saturated heterocycles. The van der Waals surface area contributed by atoms with Crippen LogP contribution in [0.25, 0.3) is 0 Å². The molecule has 2 atom stereocenters. The van der Waals surface area contributed by atoms with Gasteiger partial charge in [-0.25, -0.2) is 0 Å². The van der Waals surface area contributed by atoms with Crippen molar-refractivity contribution in [3.05, 3.63) is 76.9 Å². The molecule has 2 rings (SSSR count). The molecule has 0 radical (unpaired) electrons. The Labute approximate surface area is 166 Å². The van der Waals surface area contributed by atoms with Crippen LogP contribution in [0.5, 0.6) is 0 Å². The van der Waals surface area contributed by atoms with Crippen LogP contribution in [-0.2, 0) is 18.0 Å². The van der Waals surface area contributed by atoms with E-state index in [1.54, 1.807) is 18.2 Å². The molecule has 152 valence electrons. The average molecular weight is 386 g/mol.